The highest BCUT2D eigenvalue weighted by atomic mass is 19.1. The fourth-order valence-electron chi connectivity index (χ4n) is 3.69. The third kappa shape index (κ3) is 3.52. The maximum Gasteiger partial charge on any atom is 0.157 e. The van der Waals surface area contributed by atoms with Gasteiger partial charge in [0.05, 0.1) is 24.9 Å². The molecule has 0 bridgehead atoms. The summed E-state index contributed by atoms with van der Waals surface area (Å²) in [5.74, 6) is 0.491. The molecule has 146 valence electrons. The molecule has 3 aromatic rings. The van der Waals surface area contributed by atoms with Crippen molar-refractivity contribution in [2.75, 3.05) is 36.5 Å². The van der Waals surface area contributed by atoms with Crippen molar-refractivity contribution < 1.29 is 9.13 Å². The summed E-state index contributed by atoms with van der Waals surface area (Å²) in [4.78, 5) is 2.31. The predicted octanol–water partition coefficient (Wildman–Crippen LogP) is 4.40. The van der Waals surface area contributed by atoms with E-state index in [2.05, 4.69) is 38.6 Å². The molecule has 0 saturated carbocycles. The number of nitrogens with zero attached hydrogens (tertiary/aromatic N) is 3. The van der Waals surface area contributed by atoms with Crippen LogP contribution in [0.3, 0.4) is 0 Å². The van der Waals surface area contributed by atoms with Gasteiger partial charge in [-0.2, -0.15) is 5.10 Å². The molecule has 1 saturated heterocycles. The summed E-state index contributed by atoms with van der Waals surface area (Å²) in [5, 5.41) is 14.1. The second-order valence-electron chi connectivity index (χ2n) is 7.31. The van der Waals surface area contributed by atoms with Gasteiger partial charge in [0.15, 0.2) is 5.82 Å². The number of nitrogens with one attached hydrogen (secondary N) is 1. The van der Waals surface area contributed by atoms with Crippen LogP contribution in [0.4, 0.5) is 15.9 Å². The monoisotopic (exact) mass is 380 g/mol. The molecule has 1 N–H and O–H groups in total. The molecule has 6 heteroatoms. The molecule has 28 heavy (non-hydrogen) atoms. The molecule has 1 aliphatic heterocycles. The van der Waals surface area contributed by atoms with Gasteiger partial charge in [0.25, 0.3) is 0 Å². The van der Waals surface area contributed by atoms with E-state index in [4.69, 9.17) is 4.74 Å². The van der Waals surface area contributed by atoms with Gasteiger partial charge in [-0.05, 0) is 38.5 Å². The topological polar surface area (TPSA) is 50.3 Å². The van der Waals surface area contributed by atoms with E-state index >= 15 is 0 Å². The third-order valence-electron chi connectivity index (χ3n) is 5.37. The Balaban J connectivity index is 1.71. The SMILES string of the molecule is Cc1cccc([C@@H](C)Nc2nnc(C)c3ccc(N4CCOCC4)cc23)c1F. The summed E-state index contributed by atoms with van der Waals surface area (Å²) < 4.78 is 20.0. The zero-order valence-electron chi connectivity index (χ0n) is 16.5. The quantitative estimate of drug-likeness (QED) is 0.727. The lowest BCUT2D eigenvalue weighted by atomic mass is 10.0. The molecule has 0 unspecified atom stereocenters. The second kappa shape index (κ2) is 7.72. The molecule has 0 radical (unpaired) electrons. The lowest BCUT2D eigenvalue weighted by molar-refractivity contribution is 0.122. The average Bonchev–Trinajstić information content (AvgIpc) is 2.72. The Morgan fingerprint density at radius 3 is 2.64 bits per heavy atom. The van der Waals surface area contributed by atoms with Gasteiger partial charge in [0.2, 0.25) is 0 Å². The van der Waals surface area contributed by atoms with Crippen molar-refractivity contribution in [3.63, 3.8) is 0 Å². The molecule has 1 atom stereocenters. The third-order valence-corrected chi connectivity index (χ3v) is 5.37. The number of morpholine rings is 1. The highest BCUT2D eigenvalue weighted by Gasteiger charge is 2.17. The first-order valence-electron chi connectivity index (χ1n) is 9.66. The van der Waals surface area contributed by atoms with E-state index in [0.717, 1.165) is 48.5 Å². The van der Waals surface area contributed by atoms with Crippen LogP contribution < -0.4 is 10.2 Å². The van der Waals surface area contributed by atoms with Crippen molar-refractivity contribution >= 4 is 22.3 Å². The summed E-state index contributed by atoms with van der Waals surface area (Å²) in [6, 6.07) is 11.6. The Labute approximate surface area is 164 Å². The minimum absolute atomic E-state index is 0.180. The van der Waals surface area contributed by atoms with E-state index in [-0.39, 0.29) is 11.9 Å². The number of hydrogen-bond acceptors (Lipinski definition) is 5. The van der Waals surface area contributed by atoms with Crippen molar-refractivity contribution in [2.24, 2.45) is 0 Å². The van der Waals surface area contributed by atoms with E-state index in [1.807, 2.05) is 26.0 Å². The molecule has 2 aromatic carbocycles. The number of aryl methyl sites for hydroxylation is 2. The number of rotatable bonds is 4. The van der Waals surface area contributed by atoms with Crippen LogP contribution in [-0.2, 0) is 4.74 Å². The fourth-order valence-corrected chi connectivity index (χ4v) is 3.69. The predicted molar refractivity (Wildman–Crippen MR) is 110 cm³/mol. The van der Waals surface area contributed by atoms with Gasteiger partial charge < -0.3 is 15.0 Å². The maximum atomic E-state index is 14.5. The van der Waals surface area contributed by atoms with E-state index in [9.17, 15) is 4.39 Å². The van der Waals surface area contributed by atoms with E-state index in [1.54, 1.807) is 13.0 Å². The van der Waals surface area contributed by atoms with Gasteiger partial charge in [0.1, 0.15) is 5.82 Å². The Hall–Kier alpha value is -2.73. The maximum absolute atomic E-state index is 14.5. The minimum atomic E-state index is -0.229. The number of halogens is 1. The minimum Gasteiger partial charge on any atom is -0.378 e. The summed E-state index contributed by atoms with van der Waals surface area (Å²) in [6.45, 7) is 8.89. The first-order chi connectivity index (χ1) is 13.5. The fraction of sp³-hybridized carbons (Fsp3) is 0.364. The highest BCUT2D eigenvalue weighted by molar-refractivity contribution is 5.95. The van der Waals surface area contributed by atoms with Crippen LogP contribution in [-0.4, -0.2) is 36.5 Å². The number of fused-ring (bicyclic) bond motifs is 1. The largest absolute Gasteiger partial charge is 0.378 e. The lowest BCUT2D eigenvalue weighted by Crippen LogP contribution is -2.36. The zero-order chi connectivity index (χ0) is 19.7. The summed E-state index contributed by atoms with van der Waals surface area (Å²) >= 11 is 0. The number of aromatic nitrogens is 2. The van der Waals surface area contributed by atoms with Crippen molar-refractivity contribution in [1.82, 2.24) is 10.2 Å². The van der Waals surface area contributed by atoms with Crippen LogP contribution in [0.25, 0.3) is 10.8 Å². The van der Waals surface area contributed by atoms with Gasteiger partial charge in [0, 0.05) is 35.1 Å². The Bertz CT molecular complexity index is 1000. The van der Waals surface area contributed by atoms with Gasteiger partial charge in [-0.15, -0.1) is 5.10 Å². The molecule has 5 nitrogen and oxygen atoms in total. The van der Waals surface area contributed by atoms with E-state index in [1.165, 1.54) is 0 Å². The second-order valence-corrected chi connectivity index (χ2v) is 7.31. The van der Waals surface area contributed by atoms with Gasteiger partial charge in [-0.3, -0.25) is 0 Å². The molecule has 4 rings (SSSR count). The molecule has 0 aliphatic carbocycles. The van der Waals surface area contributed by atoms with Crippen LogP contribution in [0, 0.1) is 19.7 Å². The standard InChI is InChI=1S/C22H25FN4O/c1-14-5-4-6-19(21(14)23)15(2)24-22-20-13-17(27-9-11-28-12-10-27)7-8-18(20)16(3)25-26-22/h4-8,13,15H,9-12H2,1-3H3,(H,24,26)/t15-/m1/s1. The number of anilines is 2. The first-order valence-corrected chi connectivity index (χ1v) is 9.66. The zero-order valence-corrected chi connectivity index (χ0v) is 16.5. The van der Waals surface area contributed by atoms with Crippen LogP contribution in [0.2, 0.25) is 0 Å². The number of ether oxygens (including phenoxy) is 1. The number of benzene rings is 2. The smallest absolute Gasteiger partial charge is 0.157 e. The van der Waals surface area contributed by atoms with Gasteiger partial charge >= 0.3 is 0 Å². The van der Waals surface area contributed by atoms with Crippen molar-refractivity contribution in [2.45, 2.75) is 26.8 Å². The molecular weight excluding hydrogens is 355 g/mol. The van der Waals surface area contributed by atoms with Crippen LogP contribution in [0.15, 0.2) is 36.4 Å². The van der Waals surface area contributed by atoms with Crippen LogP contribution in [0.5, 0.6) is 0 Å². The number of hydrogen-bond donors (Lipinski definition) is 1. The Kier molecular flexibility index (Phi) is 5.13. The Morgan fingerprint density at radius 1 is 1.07 bits per heavy atom. The van der Waals surface area contributed by atoms with Gasteiger partial charge in [-0.25, -0.2) is 4.39 Å². The van der Waals surface area contributed by atoms with Crippen LogP contribution >= 0.6 is 0 Å². The van der Waals surface area contributed by atoms with Gasteiger partial charge in [-0.1, -0.05) is 24.3 Å². The molecular formula is C22H25FN4O. The first kappa shape index (κ1) is 18.6. The van der Waals surface area contributed by atoms with E-state index in [0.29, 0.717) is 16.9 Å². The molecule has 1 fully saturated rings. The van der Waals surface area contributed by atoms with Crippen molar-refractivity contribution in [3.8, 4) is 0 Å². The molecule has 2 heterocycles. The molecule has 1 aromatic heterocycles. The Morgan fingerprint density at radius 2 is 1.86 bits per heavy atom. The normalized spacial score (nSPS) is 15.6. The average molecular weight is 380 g/mol. The molecule has 0 spiro atoms. The summed E-state index contributed by atoms with van der Waals surface area (Å²) in [6.07, 6.45) is 0. The molecule has 1 aliphatic rings. The van der Waals surface area contributed by atoms with Crippen molar-refractivity contribution in [1.29, 1.82) is 0 Å². The van der Waals surface area contributed by atoms with E-state index < -0.39 is 0 Å². The summed E-state index contributed by atoms with van der Waals surface area (Å²) in [7, 11) is 0. The highest BCUT2D eigenvalue weighted by Crippen LogP contribution is 2.31. The van der Waals surface area contributed by atoms with Crippen molar-refractivity contribution in [3.05, 3.63) is 59.0 Å². The lowest BCUT2D eigenvalue weighted by Gasteiger charge is -2.29. The molecule has 0 amide bonds. The summed E-state index contributed by atoms with van der Waals surface area (Å²) in [5.41, 5.74) is 3.28. The van der Waals surface area contributed by atoms with Crippen LogP contribution in [0.1, 0.15) is 29.8 Å².